The van der Waals surface area contributed by atoms with E-state index >= 15 is 0 Å². The van der Waals surface area contributed by atoms with Gasteiger partial charge in [-0.3, -0.25) is 0 Å². The molecule has 0 fully saturated rings. The Labute approximate surface area is 103 Å². The summed E-state index contributed by atoms with van der Waals surface area (Å²) < 4.78 is 0. The van der Waals surface area contributed by atoms with Crippen LogP contribution in [-0.2, 0) is 6.42 Å². The number of unbranched alkanes of at least 4 members (excludes halogenated alkanes) is 2. The first-order chi connectivity index (χ1) is 7.72. The lowest BCUT2D eigenvalue weighted by Crippen LogP contribution is -2.28. The summed E-state index contributed by atoms with van der Waals surface area (Å²) in [6, 6.07) is 4.96. The smallest absolute Gasteiger partial charge is 0.0431 e. The Morgan fingerprint density at radius 2 is 2.12 bits per heavy atom. The molecule has 0 spiro atoms. The van der Waals surface area contributed by atoms with E-state index in [1.807, 2.05) is 11.3 Å². The molecule has 1 atom stereocenters. The Morgan fingerprint density at radius 3 is 2.75 bits per heavy atom. The molecule has 0 aromatic carbocycles. The summed E-state index contributed by atoms with van der Waals surface area (Å²) in [5, 5.41) is 12.2. The van der Waals surface area contributed by atoms with Gasteiger partial charge in [-0.05, 0) is 58.2 Å². The summed E-state index contributed by atoms with van der Waals surface area (Å²) in [5.41, 5.74) is 0. The van der Waals surface area contributed by atoms with Gasteiger partial charge in [-0.25, -0.2) is 0 Å². The highest BCUT2D eigenvalue weighted by Gasteiger charge is 2.04. The van der Waals surface area contributed by atoms with Gasteiger partial charge in [-0.15, -0.1) is 11.3 Å². The maximum Gasteiger partial charge on any atom is 0.0431 e. The number of aryl methyl sites for hydroxylation is 1. The van der Waals surface area contributed by atoms with Crippen LogP contribution in [0.1, 0.15) is 35.9 Å². The van der Waals surface area contributed by atoms with Crippen LogP contribution in [-0.4, -0.2) is 24.3 Å². The number of hydrogen-bond acceptors (Lipinski definition) is 3. The highest BCUT2D eigenvalue weighted by atomic mass is 32.1. The summed E-state index contributed by atoms with van der Waals surface area (Å²) >= 11 is 1.89. The van der Waals surface area contributed by atoms with Crippen LogP contribution in [0.5, 0.6) is 0 Å². The Bertz CT molecular complexity index is 285. The van der Waals surface area contributed by atoms with Crippen LogP contribution in [0.15, 0.2) is 12.1 Å². The molecule has 92 valence electrons. The number of nitrogens with one attached hydrogen (secondary N) is 1. The maximum atomic E-state index is 8.65. The van der Waals surface area contributed by atoms with Gasteiger partial charge in [0.2, 0.25) is 0 Å². The minimum atomic E-state index is 0.323. The quantitative estimate of drug-likeness (QED) is 0.686. The molecule has 3 heteroatoms. The summed E-state index contributed by atoms with van der Waals surface area (Å²) in [7, 11) is 0. The first-order valence-electron chi connectivity index (χ1n) is 6.12. The molecule has 1 unspecified atom stereocenters. The number of hydrogen-bond donors (Lipinski definition) is 2. The fraction of sp³-hybridized carbons (Fsp3) is 0.692. The van der Waals surface area contributed by atoms with Gasteiger partial charge in [-0.1, -0.05) is 0 Å². The molecule has 1 heterocycles. The van der Waals surface area contributed by atoms with Crippen molar-refractivity contribution >= 4 is 11.3 Å². The van der Waals surface area contributed by atoms with E-state index in [4.69, 9.17) is 5.11 Å². The van der Waals surface area contributed by atoms with E-state index in [2.05, 4.69) is 31.3 Å². The zero-order valence-corrected chi connectivity index (χ0v) is 11.1. The monoisotopic (exact) mass is 241 g/mol. The van der Waals surface area contributed by atoms with Crippen LogP contribution in [0.2, 0.25) is 0 Å². The van der Waals surface area contributed by atoms with Crippen LogP contribution in [0.25, 0.3) is 0 Å². The van der Waals surface area contributed by atoms with Crippen molar-refractivity contribution < 1.29 is 5.11 Å². The number of thiophene rings is 1. The molecule has 2 nitrogen and oxygen atoms in total. The molecular weight excluding hydrogens is 218 g/mol. The van der Waals surface area contributed by atoms with Crippen molar-refractivity contribution in [3.8, 4) is 0 Å². The van der Waals surface area contributed by atoms with Crippen LogP contribution < -0.4 is 5.32 Å². The molecule has 0 aliphatic heterocycles. The number of aliphatic hydroxyl groups excluding tert-OH is 1. The fourth-order valence-electron chi connectivity index (χ4n) is 1.73. The predicted molar refractivity (Wildman–Crippen MR) is 71.2 cm³/mol. The molecule has 0 aliphatic carbocycles. The van der Waals surface area contributed by atoms with Crippen molar-refractivity contribution in [1.82, 2.24) is 5.32 Å². The molecule has 0 radical (unpaired) electrons. The lowest BCUT2D eigenvalue weighted by molar-refractivity contribution is 0.282. The van der Waals surface area contributed by atoms with Crippen LogP contribution >= 0.6 is 11.3 Å². The fourth-order valence-corrected chi connectivity index (χ4v) is 2.75. The molecule has 1 aromatic heterocycles. The van der Waals surface area contributed by atoms with Gasteiger partial charge in [0.05, 0.1) is 0 Å². The Morgan fingerprint density at radius 1 is 1.31 bits per heavy atom. The van der Waals surface area contributed by atoms with Gasteiger partial charge in [0.15, 0.2) is 0 Å². The Hall–Kier alpha value is -0.380. The maximum absolute atomic E-state index is 8.65. The minimum absolute atomic E-state index is 0.323. The minimum Gasteiger partial charge on any atom is -0.396 e. The van der Waals surface area contributed by atoms with Gasteiger partial charge >= 0.3 is 0 Å². The summed E-state index contributed by atoms with van der Waals surface area (Å²) in [6.07, 6.45) is 4.33. The molecule has 0 saturated carbocycles. The molecule has 0 aliphatic rings. The van der Waals surface area contributed by atoms with Crippen LogP contribution in [0.4, 0.5) is 0 Å². The molecule has 0 bridgehead atoms. The molecular formula is C13H23NOS. The zero-order valence-electron chi connectivity index (χ0n) is 10.3. The largest absolute Gasteiger partial charge is 0.396 e. The third-order valence-electron chi connectivity index (χ3n) is 2.63. The predicted octanol–water partition coefficient (Wildman–Crippen LogP) is 2.74. The lowest BCUT2D eigenvalue weighted by Gasteiger charge is -2.12. The standard InChI is InChI=1S/C13H23NOS/c1-11(14-8-4-3-5-9-15)10-13-7-6-12(2)16-13/h6-7,11,14-15H,3-5,8-10H2,1-2H3. The van der Waals surface area contributed by atoms with Crippen LogP contribution in [0.3, 0.4) is 0 Å². The zero-order chi connectivity index (χ0) is 11.8. The Kier molecular flexibility index (Phi) is 6.69. The molecule has 0 saturated heterocycles. The number of aliphatic hydroxyl groups is 1. The van der Waals surface area contributed by atoms with Gasteiger partial charge in [0.1, 0.15) is 0 Å². The van der Waals surface area contributed by atoms with E-state index in [1.165, 1.54) is 9.75 Å². The first-order valence-corrected chi connectivity index (χ1v) is 6.93. The first kappa shape index (κ1) is 13.7. The summed E-state index contributed by atoms with van der Waals surface area (Å²) in [4.78, 5) is 2.86. The second-order valence-corrected chi connectivity index (χ2v) is 5.73. The van der Waals surface area contributed by atoms with E-state index < -0.39 is 0 Å². The van der Waals surface area contributed by atoms with Crippen molar-refractivity contribution in [2.45, 2.75) is 45.6 Å². The second-order valence-electron chi connectivity index (χ2n) is 4.36. The summed E-state index contributed by atoms with van der Waals surface area (Å²) in [6.45, 7) is 5.78. The van der Waals surface area contributed by atoms with Crippen LogP contribution in [0, 0.1) is 6.92 Å². The topological polar surface area (TPSA) is 32.3 Å². The Balaban J connectivity index is 2.09. The van der Waals surface area contributed by atoms with Gasteiger partial charge < -0.3 is 10.4 Å². The third-order valence-corrected chi connectivity index (χ3v) is 3.65. The summed E-state index contributed by atoms with van der Waals surface area (Å²) in [5.74, 6) is 0. The molecule has 2 N–H and O–H groups in total. The van der Waals surface area contributed by atoms with E-state index in [0.29, 0.717) is 12.6 Å². The average molecular weight is 241 g/mol. The van der Waals surface area contributed by atoms with Crippen molar-refractivity contribution in [3.63, 3.8) is 0 Å². The molecule has 16 heavy (non-hydrogen) atoms. The van der Waals surface area contributed by atoms with Gasteiger partial charge in [0, 0.05) is 22.4 Å². The van der Waals surface area contributed by atoms with Crippen molar-refractivity contribution in [3.05, 3.63) is 21.9 Å². The average Bonchev–Trinajstić information content (AvgIpc) is 2.63. The molecule has 1 rings (SSSR count). The second kappa shape index (κ2) is 7.82. The van der Waals surface area contributed by atoms with E-state index in [1.54, 1.807) is 0 Å². The van der Waals surface area contributed by atoms with Crippen molar-refractivity contribution in [1.29, 1.82) is 0 Å². The van der Waals surface area contributed by atoms with E-state index in [-0.39, 0.29) is 0 Å². The van der Waals surface area contributed by atoms with Crippen molar-refractivity contribution in [2.24, 2.45) is 0 Å². The SMILES string of the molecule is Cc1ccc(CC(C)NCCCCCO)s1. The lowest BCUT2D eigenvalue weighted by atomic mass is 10.2. The highest BCUT2D eigenvalue weighted by Crippen LogP contribution is 2.16. The van der Waals surface area contributed by atoms with Gasteiger partial charge in [-0.2, -0.15) is 0 Å². The normalized spacial score (nSPS) is 12.9. The van der Waals surface area contributed by atoms with E-state index in [9.17, 15) is 0 Å². The van der Waals surface area contributed by atoms with E-state index in [0.717, 1.165) is 32.2 Å². The van der Waals surface area contributed by atoms with Crippen molar-refractivity contribution in [2.75, 3.05) is 13.2 Å². The molecule has 0 amide bonds. The third kappa shape index (κ3) is 5.64. The number of rotatable bonds is 8. The molecule has 1 aromatic rings. The van der Waals surface area contributed by atoms with Gasteiger partial charge in [0.25, 0.3) is 0 Å². The highest BCUT2D eigenvalue weighted by molar-refractivity contribution is 7.11.